The highest BCUT2D eigenvalue weighted by Crippen LogP contribution is 2.28. The Bertz CT molecular complexity index is 477. The third-order valence-electron chi connectivity index (χ3n) is 4.00. The predicted octanol–water partition coefficient (Wildman–Crippen LogP) is 3.43. The number of fused-ring (bicyclic) bond motifs is 2. The van der Waals surface area contributed by atoms with Crippen molar-refractivity contribution in [2.24, 2.45) is 0 Å². The van der Waals surface area contributed by atoms with Crippen LogP contribution < -0.4 is 10.6 Å². The molecule has 2 atom stereocenters. The normalized spacial score (nSPS) is 27.8. The van der Waals surface area contributed by atoms with Crippen LogP contribution in [0.4, 0.5) is 0 Å². The standard InChI is InChI=1S/C14H16Cl2N2O.ClH/c15-11-2-1-3-12(16)13(11)14(19)18-10-6-8-4-5-9(7-10)17-8;/h1-3,8-10,17H,4-7H2,(H,18,19);1H. The highest BCUT2D eigenvalue weighted by molar-refractivity contribution is 6.39. The van der Waals surface area contributed by atoms with Crippen molar-refractivity contribution in [3.8, 4) is 0 Å². The number of carbonyl (C=O) groups is 1. The Kier molecular flexibility index (Phi) is 5.19. The molecule has 0 spiro atoms. The van der Waals surface area contributed by atoms with Crippen LogP contribution in [0.3, 0.4) is 0 Å². The summed E-state index contributed by atoms with van der Waals surface area (Å²) in [4.78, 5) is 12.3. The SMILES string of the molecule is Cl.O=C(NC1CC2CCC(C1)N2)c1c(Cl)cccc1Cl. The summed E-state index contributed by atoms with van der Waals surface area (Å²) in [6.07, 6.45) is 4.41. The van der Waals surface area contributed by atoms with E-state index in [1.165, 1.54) is 12.8 Å². The zero-order valence-electron chi connectivity index (χ0n) is 10.9. The first-order chi connectivity index (χ1) is 9.13. The van der Waals surface area contributed by atoms with Crippen molar-refractivity contribution in [1.82, 2.24) is 10.6 Å². The Morgan fingerprint density at radius 3 is 2.25 bits per heavy atom. The van der Waals surface area contributed by atoms with E-state index in [0.717, 1.165) is 12.8 Å². The number of carbonyl (C=O) groups excluding carboxylic acids is 1. The van der Waals surface area contributed by atoms with Gasteiger partial charge < -0.3 is 10.6 Å². The van der Waals surface area contributed by atoms with Gasteiger partial charge in [-0.25, -0.2) is 0 Å². The molecule has 110 valence electrons. The molecule has 0 saturated carbocycles. The average molecular weight is 336 g/mol. The second-order valence-electron chi connectivity index (χ2n) is 5.38. The zero-order valence-corrected chi connectivity index (χ0v) is 13.2. The Balaban J connectivity index is 0.00000147. The first-order valence-corrected chi connectivity index (χ1v) is 7.40. The molecule has 2 fully saturated rings. The van der Waals surface area contributed by atoms with E-state index < -0.39 is 0 Å². The van der Waals surface area contributed by atoms with Crippen molar-refractivity contribution in [1.29, 1.82) is 0 Å². The third kappa shape index (κ3) is 3.22. The molecular weight excluding hydrogens is 319 g/mol. The average Bonchev–Trinajstić information content (AvgIpc) is 2.68. The summed E-state index contributed by atoms with van der Waals surface area (Å²) in [5.41, 5.74) is 0.386. The number of piperidine rings is 1. The monoisotopic (exact) mass is 334 g/mol. The molecule has 3 nitrogen and oxygen atoms in total. The van der Waals surface area contributed by atoms with Crippen LogP contribution >= 0.6 is 35.6 Å². The molecule has 2 unspecified atom stereocenters. The summed E-state index contributed by atoms with van der Waals surface area (Å²) in [5.74, 6) is -0.165. The van der Waals surface area contributed by atoms with Crippen molar-refractivity contribution < 1.29 is 4.79 Å². The lowest BCUT2D eigenvalue weighted by molar-refractivity contribution is 0.0924. The number of halogens is 3. The van der Waals surface area contributed by atoms with Crippen molar-refractivity contribution in [2.45, 2.75) is 43.8 Å². The van der Waals surface area contributed by atoms with E-state index in [1.54, 1.807) is 18.2 Å². The fraction of sp³-hybridized carbons (Fsp3) is 0.500. The lowest BCUT2D eigenvalue weighted by Gasteiger charge is -2.29. The summed E-state index contributed by atoms with van der Waals surface area (Å²) in [7, 11) is 0. The van der Waals surface area contributed by atoms with Gasteiger partial charge in [0.15, 0.2) is 0 Å². The van der Waals surface area contributed by atoms with Gasteiger partial charge in [0.2, 0.25) is 0 Å². The van der Waals surface area contributed by atoms with Gasteiger partial charge in [0.25, 0.3) is 5.91 Å². The van der Waals surface area contributed by atoms with Crippen LogP contribution in [0.1, 0.15) is 36.0 Å². The Hall–Kier alpha value is -0.480. The van der Waals surface area contributed by atoms with Crippen molar-refractivity contribution in [3.05, 3.63) is 33.8 Å². The smallest absolute Gasteiger partial charge is 0.254 e. The molecule has 1 amide bonds. The van der Waals surface area contributed by atoms with Crippen LogP contribution in [-0.2, 0) is 0 Å². The largest absolute Gasteiger partial charge is 0.349 e. The lowest BCUT2D eigenvalue weighted by atomic mass is 9.99. The van der Waals surface area contributed by atoms with Gasteiger partial charge >= 0.3 is 0 Å². The molecule has 2 saturated heterocycles. The summed E-state index contributed by atoms with van der Waals surface area (Å²) >= 11 is 12.1. The molecule has 0 aliphatic carbocycles. The van der Waals surface area contributed by atoms with Crippen molar-refractivity contribution in [3.63, 3.8) is 0 Å². The number of rotatable bonds is 2. The second-order valence-corrected chi connectivity index (χ2v) is 6.19. The molecule has 2 bridgehead atoms. The fourth-order valence-electron chi connectivity index (χ4n) is 3.15. The topological polar surface area (TPSA) is 41.1 Å². The minimum Gasteiger partial charge on any atom is -0.349 e. The first-order valence-electron chi connectivity index (χ1n) is 6.64. The van der Waals surface area contributed by atoms with E-state index in [1.807, 2.05) is 0 Å². The summed E-state index contributed by atoms with van der Waals surface area (Å²) < 4.78 is 0. The minimum atomic E-state index is -0.165. The summed E-state index contributed by atoms with van der Waals surface area (Å²) in [5, 5.41) is 7.43. The lowest BCUT2D eigenvalue weighted by Crippen LogP contribution is -2.48. The van der Waals surface area contributed by atoms with Crippen LogP contribution in [0.2, 0.25) is 10.0 Å². The predicted molar refractivity (Wildman–Crippen MR) is 84.1 cm³/mol. The van der Waals surface area contributed by atoms with Gasteiger partial charge in [0, 0.05) is 18.1 Å². The molecule has 2 aliphatic heterocycles. The van der Waals surface area contributed by atoms with Crippen LogP contribution in [-0.4, -0.2) is 24.0 Å². The first kappa shape index (κ1) is 15.9. The maximum Gasteiger partial charge on any atom is 0.254 e. The second kappa shape index (κ2) is 6.52. The molecule has 2 N–H and O–H groups in total. The van der Waals surface area contributed by atoms with Crippen LogP contribution in [0.25, 0.3) is 0 Å². The van der Waals surface area contributed by atoms with E-state index in [2.05, 4.69) is 10.6 Å². The van der Waals surface area contributed by atoms with Gasteiger partial charge in [-0.2, -0.15) is 0 Å². The Labute approximate surface area is 134 Å². The molecule has 0 aromatic heterocycles. The molecule has 2 heterocycles. The van der Waals surface area contributed by atoms with Gasteiger partial charge in [-0.3, -0.25) is 4.79 Å². The van der Waals surface area contributed by atoms with Crippen LogP contribution in [0, 0.1) is 0 Å². The Morgan fingerprint density at radius 2 is 1.70 bits per heavy atom. The third-order valence-corrected chi connectivity index (χ3v) is 4.63. The molecule has 3 rings (SSSR count). The van der Waals surface area contributed by atoms with Gasteiger partial charge in [-0.1, -0.05) is 29.3 Å². The van der Waals surface area contributed by atoms with Crippen molar-refractivity contribution in [2.75, 3.05) is 0 Å². The highest BCUT2D eigenvalue weighted by Gasteiger charge is 2.34. The number of amides is 1. The molecule has 2 aliphatic rings. The van der Waals surface area contributed by atoms with Gasteiger partial charge in [0.1, 0.15) is 0 Å². The van der Waals surface area contributed by atoms with Crippen LogP contribution in [0.15, 0.2) is 18.2 Å². The van der Waals surface area contributed by atoms with E-state index in [0.29, 0.717) is 27.7 Å². The summed E-state index contributed by atoms with van der Waals surface area (Å²) in [6.45, 7) is 0. The van der Waals surface area contributed by atoms with Crippen LogP contribution in [0.5, 0.6) is 0 Å². The zero-order chi connectivity index (χ0) is 13.4. The highest BCUT2D eigenvalue weighted by atomic mass is 35.5. The van der Waals surface area contributed by atoms with Gasteiger partial charge in [0.05, 0.1) is 15.6 Å². The molecule has 0 radical (unpaired) electrons. The van der Waals surface area contributed by atoms with E-state index in [4.69, 9.17) is 23.2 Å². The number of hydrogen-bond donors (Lipinski definition) is 2. The molecule has 1 aromatic carbocycles. The van der Waals surface area contributed by atoms with E-state index >= 15 is 0 Å². The van der Waals surface area contributed by atoms with E-state index in [9.17, 15) is 4.79 Å². The van der Waals surface area contributed by atoms with E-state index in [-0.39, 0.29) is 24.4 Å². The molecule has 1 aromatic rings. The fourth-order valence-corrected chi connectivity index (χ4v) is 3.72. The number of nitrogens with one attached hydrogen (secondary N) is 2. The maximum atomic E-state index is 12.3. The quantitative estimate of drug-likeness (QED) is 0.869. The summed E-state index contributed by atoms with van der Waals surface area (Å²) in [6, 6.07) is 6.44. The van der Waals surface area contributed by atoms with Crippen molar-refractivity contribution >= 4 is 41.5 Å². The molecule has 20 heavy (non-hydrogen) atoms. The Morgan fingerprint density at radius 1 is 1.15 bits per heavy atom. The van der Waals surface area contributed by atoms with Gasteiger partial charge in [-0.15, -0.1) is 12.4 Å². The number of hydrogen-bond acceptors (Lipinski definition) is 2. The molecular formula is C14H17Cl3N2O. The maximum absolute atomic E-state index is 12.3. The number of benzene rings is 1. The molecule has 6 heteroatoms. The van der Waals surface area contributed by atoms with Gasteiger partial charge in [-0.05, 0) is 37.8 Å². The minimum absolute atomic E-state index is 0.